The van der Waals surface area contributed by atoms with E-state index in [0.717, 1.165) is 12.5 Å². The van der Waals surface area contributed by atoms with Gasteiger partial charge in [0, 0.05) is 12.1 Å². The monoisotopic (exact) mass is 240 g/mol. The lowest BCUT2D eigenvalue weighted by Crippen LogP contribution is -2.50. The van der Waals surface area contributed by atoms with Crippen LogP contribution in [0.3, 0.4) is 0 Å². The molecule has 2 heteroatoms. The van der Waals surface area contributed by atoms with Gasteiger partial charge in [0.15, 0.2) is 0 Å². The van der Waals surface area contributed by atoms with Crippen molar-refractivity contribution < 1.29 is 0 Å². The zero-order valence-electron chi connectivity index (χ0n) is 12.3. The molecule has 1 heterocycles. The predicted molar refractivity (Wildman–Crippen MR) is 76.4 cm³/mol. The summed E-state index contributed by atoms with van der Waals surface area (Å²) >= 11 is 0. The van der Waals surface area contributed by atoms with E-state index < -0.39 is 0 Å². The molecule has 17 heavy (non-hydrogen) atoms. The van der Waals surface area contributed by atoms with Gasteiger partial charge in [-0.05, 0) is 58.2 Å². The Morgan fingerprint density at radius 2 is 1.82 bits per heavy atom. The van der Waals surface area contributed by atoms with E-state index in [2.05, 4.69) is 37.9 Å². The van der Waals surface area contributed by atoms with Gasteiger partial charge >= 0.3 is 0 Å². The van der Waals surface area contributed by atoms with E-state index in [1.807, 2.05) is 0 Å². The number of nitrogens with zero attached hydrogens (tertiary/aromatic N) is 1. The van der Waals surface area contributed by atoms with Gasteiger partial charge in [-0.2, -0.15) is 0 Å². The van der Waals surface area contributed by atoms with Crippen LogP contribution in [0.25, 0.3) is 0 Å². The molecule has 0 saturated carbocycles. The summed E-state index contributed by atoms with van der Waals surface area (Å²) in [7, 11) is 0. The molecule has 1 aliphatic rings. The largest absolute Gasteiger partial charge is 0.312 e. The summed E-state index contributed by atoms with van der Waals surface area (Å²) in [6.45, 7) is 13.1. The highest BCUT2D eigenvalue weighted by Gasteiger charge is 2.25. The van der Waals surface area contributed by atoms with Gasteiger partial charge in [-0.3, -0.25) is 4.90 Å². The molecule has 2 nitrogen and oxygen atoms in total. The van der Waals surface area contributed by atoms with Gasteiger partial charge in [-0.1, -0.05) is 27.2 Å². The Morgan fingerprint density at radius 3 is 2.29 bits per heavy atom. The molecule has 0 amide bonds. The normalized spacial score (nSPS) is 22.6. The standard InChI is InChI=1S/C15H32N2/c1-5-10-16-15(7-3)13(4)17-11-8-14(6-2)9-12-17/h13-16H,5-12H2,1-4H3. The Bertz CT molecular complexity index is 185. The van der Waals surface area contributed by atoms with E-state index >= 15 is 0 Å². The lowest BCUT2D eigenvalue weighted by Gasteiger charge is -2.39. The van der Waals surface area contributed by atoms with Crippen LogP contribution in [-0.4, -0.2) is 36.6 Å². The van der Waals surface area contributed by atoms with Crippen LogP contribution in [0, 0.1) is 5.92 Å². The molecule has 1 N–H and O–H groups in total. The molecule has 0 aromatic rings. The number of rotatable bonds is 7. The van der Waals surface area contributed by atoms with Gasteiger partial charge in [0.1, 0.15) is 0 Å². The fourth-order valence-corrected chi connectivity index (χ4v) is 3.01. The Hall–Kier alpha value is -0.0800. The lowest BCUT2D eigenvalue weighted by molar-refractivity contribution is 0.113. The van der Waals surface area contributed by atoms with Crippen molar-refractivity contribution in [1.82, 2.24) is 10.2 Å². The number of likely N-dealkylation sites (tertiary alicyclic amines) is 1. The first kappa shape index (κ1) is 15.0. The van der Waals surface area contributed by atoms with Gasteiger partial charge < -0.3 is 5.32 Å². The first-order valence-corrected chi connectivity index (χ1v) is 7.70. The van der Waals surface area contributed by atoms with Crippen molar-refractivity contribution in [2.75, 3.05) is 19.6 Å². The van der Waals surface area contributed by atoms with Gasteiger partial charge in [0.05, 0.1) is 0 Å². The summed E-state index contributed by atoms with van der Waals surface area (Å²) in [6, 6.07) is 1.37. The average Bonchev–Trinajstić information content (AvgIpc) is 2.39. The minimum Gasteiger partial charge on any atom is -0.312 e. The van der Waals surface area contributed by atoms with E-state index in [0.29, 0.717) is 12.1 Å². The van der Waals surface area contributed by atoms with Crippen LogP contribution in [0.2, 0.25) is 0 Å². The van der Waals surface area contributed by atoms with Gasteiger partial charge in [0.2, 0.25) is 0 Å². The number of hydrogen-bond donors (Lipinski definition) is 1. The molecule has 2 atom stereocenters. The molecule has 0 aromatic carbocycles. The second-order valence-electron chi connectivity index (χ2n) is 5.60. The third-order valence-corrected chi connectivity index (χ3v) is 4.48. The topological polar surface area (TPSA) is 15.3 Å². The van der Waals surface area contributed by atoms with Gasteiger partial charge in [0.25, 0.3) is 0 Å². The van der Waals surface area contributed by atoms with E-state index in [4.69, 9.17) is 0 Å². The first-order chi connectivity index (χ1) is 8.22. The Labute approximate surface area is 108 Å². The maximum atomic E-state index is 3.70. The SMILES string of the molecule is CCCNC(CC)C(C)N1CCC(CC)CC1. The van der Waals surface area contributed by atoms with Crippen molar-refractivity contribution in [2.24, 2.45) is 5.92 Å². The molecule has 0 radical (unpaired) electrons. The Morgan fingerprint density at radius 1 is 1.18 bits per heavy atom. The first-order valence-electron chi connectivity index (χ1n) is 7.70. The van der Waals surface area contributed by atoms with Crippen LogP contribution >= 0.6 is 0 Å². The summed E-state index contributed by atoms with van der Waals surface area (Å²) < 4.78 is 0. The number of piperidine rings is 1. The molecule has 0 aliphatic carbocycles. The van der Waals surface area contributed by atoms with Crippen LogP contribution in [0.4, 0.5) is 0 Å². The molecular weight excluding hydrogens is 208 g/mol. The maximum absolute atomic E-state index is 3.70. The van der Waals surface area contributed by atoms with Gasteiger partial charge in [-0.25, -0.2) is 0 Å². The molecular formula is C15H32N2. The fraction of sp³-hybridized carbons (Fsp3) is 1.00. The van der Waals surface area contributed by atoms with Crippen molar-refractivity contribution in [1.29, 1.82) is 0 Å². The Kier molecular flexibility index (Phi) is 7.14. The number of nitrogens with one attached hydrogen (secondary N) is 1. The molecule has 1 saturated heterocycles. The maximum Gasteiger partial charge on any atom is 0.0220 e. The third-order valence-electron chi connectivity index (χ3n) is 4.48. The van der Waals surface area contributed by atoms with Crippen LogP contribution in [0.15, 0.2) is 0 Å². The summed E-state index contributed by atoms with van der Waals surface area (Å²) in [4.78, 5) is 2.70. The van der Waals surface area contributed by atoms with Gasteiger partial charge in [-0.15, -0.1) is 0 Å². The summed E-state index contributed by atoms with van der Waals surface area (Å²) in [5.74, 6) is 0.988. The van der Waals surface area contributed by atoms with E-state index in [1.165, 1.54) is 45.2 Å². The van der Waals surface area contributed by atoms with E-state index in [9.17, 15) is 0 Å². The highest BCUT2D eigenvalue weighted by Crippen LogP contribution is 2.22. The fourth-order valence-electron chi connectivity index (χ4n) is 3.01. The number of hydrogen-bond acceptors (Lipinski definition) is 2. The molecule has 1 aliphatic heterocycles. The minimum absolute atomic E-state index is 0.674. The Balaban J connectivity index is 2.37. The molecule has 1 rings (SSSR count). The molecule has 1 fully saturated rings. The third kappa shape index (κ3) is 4.59. The van der Waals surface area contributed by atoms with Crippen molar-refractivity contribution in [2.45, 2.75) is 71.9 Å². The zero-order chi connectivity index (χ0) is 12.7. The van der Waals surface area contributed by atoms with E-state index in [-0.39, 0.29) is 0 Å². The minimum atomic E-state index is 0.674. The molecule has 0 aromatic heterocycles. The highest BCUT2D eigenvalue weighted by atomic mass is 15.2. The smallest absolute Gasteiger partial charge is 0.0220 e. The molecule has 0 bridgehead atoms. The zero-order valence-corrected chi connectivity index (χ0v) is 12.3. The second-order valence-corrected chi connectivity index (χ2v) is 5.60. The van der Waals surface area contributed by atoms with Crippen molar-refractivity contribution in [3.8, 4) is 0 Å². The van der Waals surface area contributed by atoms with Crippen molar-refractivity contribution >= 4 is 0 Å². The summed E-state index contributed by atoms with van der Waals surface area (Å²) in [5, 5.41) is 3.70. The second kappa shape index (κ2) is 8.10. The lowest BCUT2D eigenvalue weighted by atomic mass is 9.92. The highest BCUT2D eigenvalue weighted by molar-refractivity contribution is 4.83. The quantitative estimate of drug-likeness (QED) is 0.735. The van der Waals surface area contributed by atoms with Crippen LogP contribution in [0.1, 0.15) is 59.8 Å². The van der Waals surface area contributed by atoms with E-state index in [1.54, 1.807) is 0 Å². The molecule has 0 spiro atoms. The van der Waals surface area contributed by atoms with Crippen molar-refractivity contribution in [3.63, 3.8) is 0 Å². The summed E-state index contributed by atoms with van der Waals surface area (Å²) in [5.41, 5.74) is 0. The van der Waals surface area contributed by atoms with Crippen LogP contribution < -0.4 is 5.32 Å². The molecule has 2 unspecified atom stereocenters. The van der Waals surface area contributed by atoms with Crippen molar-refractivity contribution in [3.05, 3.63) is 0 Å². The summed E-state index contributed by atoms with van der Waals surface area (Å²) in [6.07, 6.45) is 6.67. The predicted octanol–water partition coefficient (Wildman–Crippen LogP) is 3.28. The van der Waals surface area contributed by atoms with Crippen LogP contribution in [0.5, 0.6) is 0 Å². The molecule has 102 valence electrons. The average molecular weight is 240 g/mol. The van der Waals surface area contributed by atoms with Crippen LogP contribution in [-0.2, 0) is 0 Å².